The highest BCUT2D eigenvalue weighted by molar-refractivity contribution is 5.79. The van der Waals surface area contributed by atoms with Crippen LogP contribution in [-0.2, 0) is 13.0 Å². The zero-order valence-electron chi connectivity index (χ0n) is 14.5. The van der Waals surface area contributed by atoms with Gasteiger partial charge in [-0.15, -0.1) is 0 Å². The Kier molecular flexibility index (Phi) is 7.19. The Labute approximate surface area is 146 Å². The van der Waals surface area contributed by atoms with Crippen LogP contribution >= 0.6 is 0 Å². The topological polar surface area (TPSA) is 45.7 Å². The first-order valence-electron chi connectivity index (χ1n) is 8.22. The smallest absolute Gasteiger partial charge is 0.191 e. The van der Waals surface area contributed by atoms with Crippen molar-refractivity contribution in [3.63, 3.8) is 0 Å². The summed E-state index contributed by atoms with van der Waals surface area (Å²) in [5, 5.41) is 6.29. The molecule has 6 heteroatoms. The average Bonchev–Trinajstić information content (AvgIpc) is 2.62. The number of rotatable bonds is 7. The Morgan fingerprint density at radius 2 is 1.88 bits per heavy atom. The molecule has 0 saturated carbocycles. The van der Waals surface area contributed by atoms with Gasteiger partial charge in [-0.3, -0.25) is 0 Å². The molecule has 134 valence electrons. The van der Waals surface area contributed by atoms with Gasteiger partial charge in [-0.2, -0.15) is 0 Å². The van der Waals surface area contributed by atoms with E-state index in [1.165, 1.54) is 0 Å². The predicted octanol–water partition coefficient (Wildman–Crippen LogP) is 3.27. The van der Waals surface area contributed by atoms with E-state index < -0.39 is 11.6 Å². The molecule has 2 N–H and O–H groups in total. The van der Waals surface area contributed by atoms with E-state index in [4.69, 9.17) is 4.74 Å². The van der Waals surface area contributed by atoms with Gasteiger partial charge in [0, 0.05) is 18.7 Å². The number of hydrogen-bond donors (Lipinski definition) is 2. The Morgan fingerprint density at radius 1 is 1.08 bits per heavy atom. The van der Waals surface area contributed by atoms with E-state index in [0.29, 0.717) is 19.0 Å². The van der Waals surface area contributed by atoms with E-state index >= 15 is 0 Å². The van der Waals surface area contributed by atoms with Gasteiger partial charge < -0.3 is 15.4 Å². The van der Waals surface area contributed by atoms with Crippen LogP contribution in [0.3, 0.4) is 0 Å². The Bertz CT molecular complexity index is 720. The third-order valence-corrected chi connectivity index (χ3v) is 3.64. The maximum atomic E-state index is 13.7. The molecule has 0 radical (unpaired) electrons. The van der Waals surface area contributed by atoms with Crippen molar-refractivity contribution < 1.29 is 13.5 Å². The van der Waals surface area contributed by atoms with Crippen LogP contribution in [0.2, 0.25) is 0 Å². The molecule has 2 aromatic rings. The predicted molar refractivity (Wildman–Crippen MR) is 95.9 cm³/mol. The summed E-state index contributed by atoms with van der Waals surface area (Å²) in [6, 6.07) is 11.2. The highest BCUT2D eigenvalue weighted by atomic mass is 19.1. The molecule has 0 spiro atoms. The number of guanidine groups is 1. The third kappa shape index (κ3) is 5.74. The van der Waals surface area contributed by atoms with E-state index in [9.17, 15) is 8.78 Å². The zero-order chi connectivity index (χ0) is 18.1. The highest BCUT2D eigenvalue weighted by Crippen LogP contribution is 2.17. The van der Waals surface area contributed by atoms with Gasteiger partial charge >= 0.3 is 0 Å². The van der Waals surface area contributed by atoms with E-state index in [1.54, 1.807) is 7.11 Å². The Morgan fingerprint density at radius 3 is 2.64 bits per heavy atom. The van der Waals surface area contributed by atoms with Gasteiger partial charge in [0.15, 0.2) is 5.96 Å². The van der Waals surface area contributed by atoms with Gasteiger partial charge in [0.05, 0.1) is 13.7 Å². The summed E-state index contributed by atoms with van der Waals surface area (Å²) in [4.78, 5) is 4.32. The largest absolute Gasteiger partial charge is 0.496 e. The molecule has 0 unspecified atom stereocenters. The summed E-state index contributed by atoms with van der Waals surface area (Å²) in [5.41, 5.74) is 1.31. The minimum Gasteiger partial charge on any atom is -0.496 e. The molecule has 0 atom stereocenters. The highest BCUT2D eigenvalue weighted by Gasteiger charge is 2.05. The molecular weight excluding hydrogens is 324 g/mol. The minimum atomic E-state index is -0.472. The van der Waals surface area contributed by atoms with Crippen molar-refractivity contribution in [2.45, 2.75) is 19.9 Å². The molecule has 0 fully saturated rings. The van der Waals surface area contributed by atoms with E-state index in [0.717, 1.165) is 35.9 Å². The first-order chi connectivity index (χ1) is 12.1. The van der Waals surface area contributed by atoms with Crippen molar-refractivity contribution in [1.29, 1.82) is 0 Å². The standard InChI is InChI=1S/C19H23F2N3O/c1-3-22-19(24-13-15-12-16(20)8-9-17(15)21)23-11-10-14-6-4-5-7-18(14)25-2/h4-9,12H,3,10-11,13H2,1-2H3,(H2,22,23,24). The quantitative estimate of drug-likeness (QED) is 0.597. The lowest BCUT2D eigenvalue weighted by atomic mass is 10.1. The van der Waals surface area contributed by atoms with Crippen molar-refractivity contribution in [2.24, 2.45) is 4.99 Å². The normalized spacial score (nSPS) is 11.3. The summed E-state index contributed by atoms with van der Waals surface area (Å²) in [7, 11) is 1.64. The van der Waals surface area contributed by atoms with Gasteiger partial charge in [-0.25, -0.2) is 13.8 Å². The van der Waals surface area contributed by atoms with Gasteiger partial charge in [-0.05, 0) is 43.2 Å². The molecule has 0 heterocycles. The van der Waals surface area contributed by atoms with Crippen molar-refractivity contribution in [3.8, 4) is 5.75 Å². The van der Waals surface area contributed by atoms with Crippen molar-refractivity contribution >= 4 is 5.96 Å². The van der Waals surface area contributed by atoms with Crippen molar-refractivity contribution in [1.82, 2.24) is 10.6 Å². The fraction of sp³-hybridized carbons (Fsp3) is 0.316. The van der Waals surface area contributed by atoms with E-state index in [1.807, 2.05) is 31.2 Å². The SMILES string of the molecule is CCNC(=NCc1cc(F)ccc1F)NCCc1ccccc1OC. The molecule has 2 rings (SSSR count). The van der Waals surface area contributed by atoms with Crippen LogP contribution < -0.4 is 15.4 Å². The van der Waals surface area contributed by atoms with Crippen LogP contribution in [0.1, 0.15) is 18.1 Å². The van der Waals surface area contributed by atoms with Crippen LogP contribution in [0.5, 0.6) is 5.75 Å². The first-order valence-corrected chi connectivity index (χ1v) is 8.22. The maximum absolute atomic E-state index is 13.7. The first kappa shape index (κ1) is 18.7. The fourth-order valence-corrected chi connectivity index (χ4v) is 2.40. The number of hydrogen-bond acceptors (Lipinski definition) is 2. The van der Waals surface area contributed by atoms with Crippen molar-refractivity contribution in [3.05, 3.63) is 65.2 Å². The maximum Gasteiger partial charge on any atom is 0.191 e. The summed E-state index contributed by atoms with van der Waals surface area (Å²) in [6.45, 7) is 3.32. The second-order valence-corrected chi connectivity index (χ2v) is 5.42. The Hall–Kier alpha value is -2.63. The Balaban J connectivity index is 1.97. The molecular formula is C19H23F2N3O. The number of aliphatic imine (C=N–C) groups is 1. The number of ether oxygens (including phenoxy) is 1. The van der Waals surface area contributed by atoms with E-state index in [2.05, 4.69) is 15.6 Å². The number of halogens is 2. The molecule has 0 aromatic heterocycles. The minimum absolute atomic E-state index is 0.0631. The molecule has 0 saturated heterocycles. The molecule has 25 heavy (non-hydrogen) atoms. The van der Waals surface area contributed by atoms with Gasteiger partial charge in [0.25, 0.3) is 0 Å². The average molecular weight is 347 g/mol. The fourth-order valence-electron chi connectivity index (χ4n) is 2.40. The molecule has 0 aliphatic rings. The summed E-state index contributed by atoms with van der Waals surface area (Å²) in [5.74, 6) is 0.463. The lowest BCUT2D eigenvalue weighted by Gasteiger charge is -2.13. The second kappa shape index (κ2) is 9.61. The van der Waals surface area contributed by atoms with Crippen molar-refractivity contribution in [2.75, 3.05) is 20.2 Å². The number of nitrogens with one attached hydrogen (secondary N) is 2. The van der Waals surface area contributed by atoms with E-state index in [-0.39, 0.29) is 12.1 Å². The van der Waals surface area contributed by atoms with Crippen LogP contribution in [0, 0.1) is 11.6 Å². The summed E-state index contributed by atoms with van der Waals surface area (Å²) >= 11 is 0. The lowest BCUT2D eigenvalue weighted by Crippen LogP contribution is -2.38. The van der Waals surface area contributed by atoms with Gasteiger partial charge in [-0.1, -0.05) is 18.2 Å². The number of nitrogens with zero attached hydrogens (tertiary/aromatic N) is 1. The summed E-state index contributed by atoms with van der Waals surface area (Å²) < 4.78 is 32.2. The van der Waals surface area contributed by atoms with Crippen LogP contribution in [-0.4, -0.2) is 26.2 Å². The second-order valence-electron chi connectivity index (χ2n) is 5.42. The third-order valence-electron chi connectivity index (χ3n) is 3.64. The monoisotopic (exact) mass is 347 g/mol. The molecule has 0 amide bonds. The van der Waals surface area contributed by atoms with Gasteiger partial charge in [0.1, 0.15) is 17.4 Å². The van der Waals surface area contributed by atoms with Crippen LogP contribution in [0.25, 0.3) is 0 Å². The lowest BCUT2D eigenvalue weighted by molar-refractivity contribution is 0.409. The van der Waals surface area contributed by atoms with Crippen LogP contribution in [0.4, 0.5) is 8.78 Å². The number of methoxy groups -OCH3 is 1. The van der Waals surface area contributed by atoms with Gasteiger partial charge in [0.2, 0.25) is 0 Å². The number of benzene rings is 2. The van der Waals surface area contributed by atoms with Crippen LogP contribution in [0.15, 0.2) is 47.5 Å². The molecule has 2 aromatic carbocycles. The molecule has 0 bridgehead atoms. The summed E-state index contributed by atoms with van der Waals surface area (Å²) in [6.07, 6.45) is 0.753. The number of para-hydroxylation sites is 1. The molecule has 0 aliphatic carbocycles. The molecule has 0 aliphatic heterocycles. The molecule has 4 nitrogen and oxygen atoms in total. The zero-order valence-corrected chi connectivity index (χ0v) is 14.5.